The maximum atomic E-state index is 2.52. The molecular formula is C65H45N. The van der Waals surface area contributed by atoms with Gasteiger partial charge in [-0.1, -0.05) is 243 Å². The molecule has 310 valence electrons. The first-order chi connectivity index (χ1) is 32.8. The van der Waals surface area contributed by atoms with Crippen molar-refractivity contribution in [1.82, 2.24) is 0 Å². The normalized spacial score (nSPS) is 12.4. The van der Waals surface area contributed by atoms with Gasteiger partial charge in [-0.05, 0) is 108 Å². The molecule has 0 saturated heterocycles. The molecule has 12 rings (SSSR count). The molecule has 0 saturated carbocycles. The molecule has 0 atom stereocenters. The highest BCUT2D eigenvalue weighted by Gasteiger charge is 2.47. The quantitative estimate of drug-likeness (QED) is 0.140. The number of hydrogen-bond donors (Lipinski definition) is 0. The average molecular weight is 840 g/mol. The number of fused-ring (bicyclic) bond motifs is 4. The smallest absolute Gasteiger partial charge is 0.0714 e. The maximum Gasteiger partial charge on any atom is 0.0714 e. The summed E-state index contributed by atoms with van der Waals surface area (Å²) in [6, 6.07) is 100. The second-order valence-electron chi connectivity index (χ2n) is 17.1. The molecule has 0 fully saturated rings. The fourth-order valence-corrected chi connectivity index (χ4v) is 10.7. The van der Waals surface area contributed by atoms with Crippen molar-refractivity contribution in [2.45, 2.75) is 5.41 Å². The molecule has 0 N–H and O–H groups in total. The van der Waals surface area contributed by atoms with E-state index in [-0.39, 0.29) is 0 Å². The Hall–Kier alpha value is -8.52. The Kier molecular flexibility index (Phi) is 9.81. The number of para-hydroxylation sites is 1. The van der Waals surface area contributed by atoms with Crippen molar-refractivity contribution >= 4 is 27.8 Å². The Bertz CT molecular complexity index is 3490. The van der Waals surface area contributed by atoms with Gasteiger partial charge in [-0.25, -0.2) is 0 Å². The monoisotopic (exact) mass is 839 g/mol. The summed E-state index contributed by atoms with van der Waals surface area (Å²) in [4.78, 5) is 2.52. The molecule has 0 spiro atoms. The van der Waals surface area contributed by atoms with Gasteiger partial charge < -0.3 is 4.90 Å². The number of benzene rings is 11. The van der Waals surface area contributed by atoms with Gasteiger partial charge in [-0.3, -0.25) is 0 Å². The van der Waals surface area contributed by atoms with E-state index in [1.54, 1.807) is 0 Å². The van der Waals surface area contributed by atoms with Crippen LogP contribution in [0.15, 0.2) is 273 Å². The molecule has 66 heavy (non-hydrogen) atoms. The Labute approximate surface area is 387 Å². The fraction of sp³-hybridized carbons (Fsp3) is 0.0154. The van der Waals surface area contributed by atoms with Crippen LogP contribution in [0, 0.1) is 0 Å². The van der Waals surface area contributed by atoms with E-state index in [1.807, 2.05) is 0 Å². The van der Waals surface area contributed by atoms with E-state index in [0.717, 1.165) is 33.8 Å². The summed E-state index contributed by atoms with van der Waals surface area (Å²) in [5.74, 6) is 0. The summed E-state index contributed by atoms with van der Waals surface area (Å²) in [6.45, 7) is 0. The summed E-state index contributed by atoms with van der Waals surface area (Å²) < 4.78 is 0. The van der Waals surface area contributed by atoms with Crippen LogP contribution in [0.25, 0.3) is 66.4 Å². The third-order valence-corrected chi connectivity index (χ3v) is 13.5. The predicted molar refractivity (Wildman–Crippen MR) is 278 cm³/mol. The zero-order chi connectivity index (χ0) is 43.9. The van der Waals surface area contributed by atoms with E-state index in [2.05, 4.69) is 278 Å². The largest absolute Gasteiger partial charge is 0.309 e. The van der Waals surface area contributed by atoms with Gasteiger partial charge in [-0.15, -0.1) is 0 Å². The molecule has 0 aliphatic heterocycles. The number of anilines is 3. The molecule has 1 nitrogen and oxygen atoms in total. The standard InChI is InChI=1S/C65H45N/c1-4-22-46(23-5-1)54-35-12-13-36-56(54)50-28-19-33-53(45-50)66(62-42-17-15-37-58(62)49-27-18-26-48(44-49)57-39-20-25-47-24-10-11-34-55(47)57)63-43-21-41-61-64(63)59-38-14-16-40-60(59)65(61,51-29-6-2-7-30-51)52-31-8-3-9-32-52/h1-45H. The Morgan fingerprint density at radius 3 is 1.47 bits per heavy atom. The van der Waals surface area contributed by atoms with E-state index >= 15 is 0 Å². The summed E-state index contributed by atoms with van der Waals surface area (Å²) in [5, 5.41) is 2.49. The van der Waals surface area contributed by atoms with Crippen LogP contribution in [0.4, 0.5) is 17.1 Å². The molecule has 0 bridgehead atoms. The van der Waals surface area contributed by atoms with Gasteiger partial charge >= 0.3 is 0 Å². The topological polar surface area (TPSA) is 3.24 Å². The maximum absolute atomic E-state index is 2.52. The van der Waals surface area contributed by atoms with Crippen molar-refractivity contribution in [3.05, 3.63) is 295 Å². The second kappa shape index (κ2) is 16.6. The van der Waals surface area contributed by atoms with Crippen molar-refractivity contribution in [3.8, 4) is 55.6 Å². The van der Waals surface area contributed by atoms with Crippen LogP contribution < -0.4 is 4.90 Å². The molecule has 0 aromatic heterocycles. The molecule has 1 aliphatic rings. The van der Waals surface area contributed by atoms with Crippen molar-refractivity contribution in [1.29, 1.82) is 0 Å². The Balaban J connectivity index is 1.13. The predicted octanol–water partition coefficient (Wildman–Crippen LogP) is 17.3. The highest BCUT2D eigenvalue weighted by Crippen LogP contribution is 2.60. The summed E-state index contributed by atoms with van der Waals surface area (Å²) in [6.07, 6.45) is 0. The van der Waals surface area contributed by atoms with Crippen molar-refractivity contribution in [2.24, 2.45) is 0 Å². The van der Waals surface area contributed by atoms with E-state index in [0.29, 0.717) is 0 Å². The minimum absolute atomic E-state index is 0.543. The van der Waals surface area contributed by atoms with Crippen LogP contribution in [0.5, 0.6) is 0 Å². The van der Waals surface area contributed by atoms with Crippen molar-refractivity contribution in [2.75, 3.05) is 4.90 Å². The molecule has 0 heterocycles. The molecule has 1 aliphatic carbocycles. The molecule has 0 radical (unpaired) electrons. The SMILES string of the molecule is c1ccc(-c2ccccc2-c2cccc(N(c3ccccc3-c3cccc(-c4cccc5ccccc45)c3)c3cccc4c3-c3ccccc3C4(c3ccccc3)c3ccccc3)c2)cc1. The third kappa shape index (κ3) is 6.47. The highest BCUT2D eigenvalue weighted by atomic mass is 15.1. The number of rotatable bonds is 9. The van der Waals surface area contributed by atoms with E-state index in [4.69, 9.17) is 0 Å². The molecule has 0 unspecified atom stereocenters. The van der Waals surface area contributed by atoms with E-state index in [9.17, 15) is 0 Å². The lowest BCUT2D eigenvalue weighted by Crippen LogP contribution is -2.28. The molecule has 1 heteroatoms. The summed E-state index contributed by atoms with van der Waals surface area (Å²) in [7, 11) is 0. The van der Waals surface area contributed by atoms with Crippen LogP contribution in [0.3, 0.4) is 0 Å². The van der Waals surface area contributed by atoms with Gasteiger partial charge in [0, 0.05) is 16.8 Å². The minimum Gasteiger partial charge on any atom is -0.309 e. The molecule has 11 aromatic rings. The highest BCUT2D eigenvalue weighted by molar-refractivity contribution is 6.01. The van der Waals surface area contributed by atoms with Crippen molar-refractivity contribution < 1.29 is 0 Å². The van der Waals surface area contributed by atoms with E-state index < -0.39 is 5.41 Å². The first kappa shape index (κ1) is 39.1. The first-order valence-corrected chi connectivity index (χ1v) is 22.8. The van der Waals surface area contributed by atoms with Gasteiger partial charge in [0.2, 0.25) is 0 Å². The minimum atomic E-state index is -0.543. The van der Waals surface area contributed by atoms with Gasteiger partial charge in [0.15, 0.2) is 0 Å². The molecule has 11 aromatic carbocycles. The number of nitrogens with zero attached hydrogens (tertiary/aromatic N) is 1. The zero-order valence-corrected chi connectivity index (χ0v) is 36.4. The summed E-state index contributed by atoms with van der Waals surface area (Å²) >= 11 is 0. The zero-order valence-electron chi connectivity index (χ0n) is 36.4. The lowest BCUT2D eigenvalue weighted by Gasteiger charge is -2.34. The second-order valence-corrected chi connectivity index (χ2v) is 17.1. The van der Waals surface area contributed by atoms with Crippen LogP contribution in [-0.4, -0.2) is 0 Å². The van der Waals surface area contributed by atoms with Crippen LogP contribution in [0.1, 0.15) is 22.3 Å². The molecular weight excluding hydrogens is 795 g/mol. The fourth-order valence-electron chi connectivity index (χ4n) is 10.7. The average Bonchev–Trinajstić information content (AvgIpc) is 3.71. The van der Waals surface area contributed by atoms with Crippen LogP contribution in [-0.2, 0) is 5.41 Å². The lowest BCUT2D eigenvalue weighted by molar-refractivity contribution is 0.768. The van der Waals surface area contributed by atoms with Gasteiger partial charge in [0.1, 0.15) is 0 Å². The molecule has 0 amide bonds. The van der Waals surface area contributed by atoms with Gasteiger partial charge in [0.25, 0.3) is 0 Å². The van der Waals surface area contributed by atoms with E-state index in [1.165, 1.54) is 72.0 Å². The van der Waals surface area contributed by atoms with Crippen LogP contribution >= 0.6 is 0 Å². The Morgan fingerprint density at radius 2 is 0.727 bits per heavy atom. The third-order valence-electron chi connectivity index (χ3n) is 13.5. The lowest BCUT2D eigenvalue weighted by atomic mass is 9.68. The van der Waals surface area contributed by atoms with Crippen molar-refractivity contribution in [3.63, 3.8) is 0 Å². The first-order valence-electron chi connectivity index (χ1n) is 22.8. The number of hydrogen-bond acceptors (Lipinski definition) is 1. The van der Waals surface area contributed by atoms with Gasteiger partial charge in [0.05, 0.1) is 16.8 Å². The van der Waals surface area contributed by atoms with Gasteiger partial charge in [-0.2, -0.15) is 0 Å². The Morgan fingerprint density at radius 1 is 0.273 bits per heavy atom. The summed E-state index contributed by atoms with van der Waals surface area (Å²) in [5.41, 5.74) is 19.7. The van der Waals surface area contributed by atoms with Crippen LogP contribution in [0.2, 0.25) is 0 Å².